The topological polar surface area (TPSA) is 24.1 Å². The SMILES string of the molecule is CCC(S)(NC)NC. The van der Waals surface area contributed by atoms with Crippen LogP contribution in [0.2, 0.25) is 0 Å². The average molecular weight is 134 g/mol. The number of hydrogen-bond donors (Lipinski definition) is 3. The summed E-state index contributed by atoms with van der Waals surface area (Å²) in [6.07, 6.45) is 0.961. The van der Waals surface area contributed by atoms with Gasteiger partial charge in [0.05, 0.1) is 0 Å². The molecule has 0 aromatic carbocycles. The van der Waals surface area contributed by atoms with Crippen molar-refractivity contribution in [3.63, 3.8) is 0 Å². The Kier molecular flexibility index (Phi) is 3.44. The molecule has 0 unspecified atom stereocenters. The first-order valence-corrected chi connectivity index (χ1v) is 3.23. The van der Waals surface area contributed by atoms with Crippen molar-refractivity contribution in [2.45, 2.75) is 18.3 Å². The third-order valence-corrected chi connectivity index (χ3v) is 2.10. The second-order valence-corrected chi connectivity index (χ2v) is 2.48. The Hall–Kier alpha value is 0.270. The van der Waals surface area contributed by atoms with Crippen LogP contribution in [0.15, 0.2) is 0 Å². The second-order valence-electron chi connectivity index (χ2n) is 1.71. The molecular formula is C5H14N2S. The summed E-state index contributed by atoms with van der Waals surface area (Å²) in [6, 6.07) is 0. The largest absolute Gasteiger partial charge is 0.294 e. The molecule has 0 saturated heterocycles. The monoisotopic (exact) mass is 134 g/mol. The highest BCUT2D eigenvalue weighted by molar-refractivity contribution is 7.81. The summed E-state index contributed by atoms with van der Waals surface area (Å²) >= 11 is 4.30. The van der Waals surface area contributed by atoms with Gasteiger partial charge in [0.15, 0.2) is 0 Å². The lowest BCUT2D eigenvalue weighted by Gasteiger charge is -2.25. The van der Waals surface area contributed by atoms with Gasteiger partial charge in [-0.2, -0.15) is 0 Å². The van der Waals surface area contributed by atoms with E-state index in [2.05, 4.69) is 30.2 Å². The summed E-state index contributed by atoms with van der Waals surface area (Å²) in [5.74, 6) is 0. The van der Waals surface area contributed by atoms with Crippen LogP contribution in [0.25, 0.3) is 0 Å². The third-order valence-electron chi connectivity index (χ3n) is 1.34. The molecule has 0 rings (SSSR count). The number of nitrogens with one attached hydrogen (secondary N) is 2. The summed E-state index contributed by atoms with van der Waals surface area (Å²) < 4.78 is 0. The predicted molar refractivity (Wildman–Crippen MR) is 40.1 cm³/mol. The second kappa shape index (κ2) is 3.33. The first kappa shape index (κ1) is 8.27. The minimum Gasteiger partial charge on any atom is -0.294 e. The molecule has 0 fully saturated rings. The van der Waals surface area contributed by atoms with Crippen molar-refractivity contribution in [1.82, 2.24) is 10.6 Å². The van der Waals surface area contributed by atoms with Crippen molar-refractivity contribution in [2.75, 3.05) is 14.1 Å². The predicted octanol–water partition coefficient (Wildman–Crippen LogP) is 0.419. The first-order valence-electron chi connectivity index (χ1n) is 2.78. The molecule has 0 bridgehead atoms. The normalized spacial score (nSPS) is 12.0. The fraction of sp³-hybridized carbons (Fsp3) is 1.00. The van der Waals surface area contributed by atoms with Crippen molar-refractivity contribution in [1.29, 1.82) is 0 Å². The van der Waals surface area contributed by atoms with Gasteiger partial charge in [-0.25, -0.2) is 0 Å². The molecule has 0 spiro atoms. The Balaban J connectivity index is 3.58. The third kappa shape index (κ3) is 2.03. The lowest BCUT2D eigenvalue weighted by Crippen LogP contribution is -2.48. The average Bonchev–Trinajstić information content (AvgIpc) is 1.87. The van der Waals surface area contributed by atoms with Gasteiger partial charge in [0.25, 0.3) is 0 Å². The van der Waals surface area contributed by atoms with E-state index in [1.54, 1.807) is 0 Å². The van der Waals surface area contributed by atoms with Gasteiger partial charge in [-0.15, -0.1) is 12.6 Å². The van der Waals surface area contributed by atoms with Crippen molar-refractivity contribution in [3.05, 3.63) is 0 Å². The molecule has 0 aromatic heterocycles. The molecule has 0 aliphatic heterocycles. The number of hydrogen-bond acceptors (Lipinski definition) is 3. The van der Waals surface area contributed by atoms with Gasteiger partial charge in [0, 0.05) is 0 Å². The molecule has 8 heavy (non-hydrogen) atoms. The Morgan fingerprint density at radius 3 is 1.75 bits per heavy atom. The fourth-order valence-electron chi connectivity index (χ4n) is 0.479. The quantitative estimate of drug-likeness (QED) is 0.385. The zero-order valence-electron chi connectivity index (χ0n) is 5.65. The van der Waals surface area contributed by atoms with Crippen LogP contribution in [0.5, 0.6) is 0 Å². The van der Waals surface area contributed by atoms with Crippen LogP contribution in [0.4, 0.5) is 0 Å². The molecule has 2 nitrogen and oxygen atoms in total. The van der Waals surface area contributed by atoms with Gasteiger partial charge in [-0.1, -0.05) is 6.92 Å². The van der Waals surface area contributed by atoms with E-state index >= 15 is 0 Å². The van der Waals surface area contributed by atoms with E-state index in [1.807, 2.05) is 14.1 Å². The maximum absolute atomic E-state index is 4.30. The lowest BCUT2D eigenvalue weighted by atomic mass is 10.4. The maximum atomic E-state index is 4.30. The van der Waals surface area contributed by atoms with Gasteiger partial charge in [-0.3, -0.25) is 10.6 Å². The highest BCUT2D eigenvalue weighted by Gasteiger charge is 2.15. The van der Waals surface area contributed by atoms with Gasteiger partial charge >= 0.3 is 0 Å². The number of thiol groups is 1. The molecule has 0 atom stereocenters. The summed E-state index contributed by atoms with van der Waals surface area (Å²) in [5.41, 5.74) is 0. The lowest BCUT2D eigenvalue weighted by molar-refractivity contribution is 0.434. The van der Waals surface area contributed by atoms with E-state index < -0.39 is 0 Å². The van der Waals surface area contributed by atoms with E-state index in [1.165, 1.54) is 0 Å². The van der Waals surface area contributed by atoms with Crippen molar-refractivity contribution >= 4 is 12.6 Å². The number of rotatable bonds is 3. The standard InChI is InChI=1S/C5H14N2S/c1-4-5(8,6-2)7-3/h6-8H,4H2,1-3H3. The molecule has 0 amide bonds. The smallest absolute Gasteiger partial charge is 0.113 e. The van der Waals surface area contributed by atoms with Crippen LogP contribution in [0.1, 0.15) is 13.3 Å². The summed E-state index contributed by atoms with van der Waals surface area (Å²) in [4.78, 5) is -0.181. The van der Waals surface area contributed by atoms with Crippen molar-refractivity contribution < 1.29 is 0 Å². The molecule has 3 heteroatoms. The van der Waals surface area contributed by atoms with Crippen LogP contribution in [-0.2, 0) is 0 Å². The van der Waals surface area contributed by atoms with Crippen LogP contribution >= 0.6 is 12.6 Å². The fourth-order valence-corrected chi connectivity index (χ4v) is 0.479. The van der Waals surface area contributed by atoms with Gasteiger partial charge in [0.2, 0.25) is 0 Å². The minimum absolute atomic E-state index is 0.181. The molecule has 0 radical (unpaired) electrons. The first-order chi connectivity index (χ1) is 3.68. The molecule has 0 aromatic rings. The Bertz CT molecular complexity index is 53.2. The summed E-state index contributed by atoms with van der Waals surface area (Å²) in [5, 5.41) is 6.06. The molecule has 0 aliphatic carbocycles. The summed E-state index contributed by atoms with van der Waals surface area (Å²) in [7, 11) is 3.76. The Labute approximate surface area is 56.5 Å². The Morgan fingerprint density at radius 1 is 1.38 bits per heavy atom. The van der Waals surface area contributed by atoms with Crippen molar-refractivity contribution in [2.24, 2.45) is 0 Å². The molecule has 50 valence electrons. The maximum Gasteiger partial charge on any atom is 0.113 e. The van der Waals surface area contributed by atoms with Crippen molar-refractivity contribution in [3.8, 4) is 0 Å². The zero-order valence-corrected chi connectivity index (χ0v) is 6.55. The minimum atomic E-state index is -0.181. The molecule has 2 N–H and O–H groups in total. The molecule has 0 saturated carbocycles. The van der Waals surface area contributed by atoms with Crippen LogP contribution < -0.4 is 10.6 Å². The highest BCUT2D eigenvalue weighted by atomic mass is 32.1. The molecular weight excluding hydrogens is 120 g/mol. The summed E-state index contributed by atoms with van der Waals surface area (Å²) in [6.45, 7) is 2.07. The van der Waals surface area contributed by atoms with E-state index in [0.717, 1.165) is 6.42 Å². The van der Waals surface area contributed by atoms with Crippen LogP contribution in [0.3, 0.4) is 0 Å². The van der Waals surface area contributed by atoms with E-state index in [0.29, 0.717) is 0 Å². The Morgan fingerprint density at radius 2 is 1.75 bits per heavy atom. The molecule has 0 aliphatic rings. The van der Waals surface area contributed by atoms with Gasteiger partial charge in [-0.05, 0) is 20.5 Å². The van der Waals surface area contributed by atoms with Gasteiger partial charge in [0.1, 0.15) is 4.99 Å². The van der Waals surface area contributed by atoms with Gasteiger partial charge < -0.3 is 0 Å². The van der Waals surface area contributed by atoms with Crippen LogP contribution in [-0.4, -0.2) is 19.1 Å². The van der Waals surface area contributed by atoms with E-state index in [4.69, 9.17) is 0 Å². The molecule has 0 heterocycles. The zero-order chi connectivity index (χ0) is 6.62. The van der Waals surface area contributed by atoms with E-state index in [9.17, 15) is 0 Å². The highest BCUT2D eigenvalue weighted by Crippen LogP contribution is 2.07. The van der Waals surface area contributed by atoms with E-state index in [-0.39, 0.29) is 4.99 Å². The van der Waals surface area contributed by atoms with Crippen LogP contribution in [0, 0.1) is 0 Å².